The van der Waals surface area contributed by atoms with Crippen LogP contribution >= 0.6 is 27.7 Å². The maximum absolute atomic E-state index is 12.4. The molecular weight excluding hydrogens is 374 g/mol. The third kappa shape index (κ3) is 3.37. The first kappa shape index (κ1) is 16.6. The average Bonchev–Trinajstić information content (AvgIpc) is 2.46. The normalized spacial score (nSPS) is 19.5. The summed E-state index contributed by atoms with van der Waals surface area (Å²) in [6.45, 7) is 2.30. The summed E-state index contributed by atoms with van der Waals surface area (Å²) in [4.78, 5) is 1.87. The van der Waals surface area contributed by atoms with E-state index < -0.39 is 15.2 Å². The van der Waals surface area contributed by atoms with Gasteiger partial charge in [0.1, 0.15) is 11.2 Å². The van der Waals surface area contributed by atoms with Crippen LogP contribution in [0.4, 0.5) is 5.69 Å². The molecule has 1 atom stereocenters. The van der Waals surface area contributed by atoms with Crippen LogP contribution in [0.25, 0.3) is 0 Å². The summed E-state index contributed by atoms with van der Waals surface area (Å²) in [6, 6.07) is 5.47. The van der Waals surface area contributed by atoms with Gasteiger partial charge < -0.3 is 10.6 Å². The molecule has 1 aliphatic rings. The Labute approximate surface area is 137 Å². The number of thioether (sulfide) groups is 1. The van der Waals surface area contributed by atoms with Crippen LogP contribution in [0.3, 0.4) is 0 Å². The highest BCUT2D eigenvalue weighted by Gasteiger charge is 2.34. The molecular formula is C13H18BrN3O2S2. The number of nitrogens with two attached hydrogens (primary N) is 1. The van der Waals surface area contributed by atoms with Crippen molar-refractivity contribution in [1.82, 2.24) is 0 Å². The van der Waals surface area contributed by atoms with Gasteiger partial charge in [-0.05, 0) is 28.1 Å². The molecule has 0 radical (unpaired) electrons. The zero-order valence-electron chi connectivity index (χ0n) is 11.7. The van der Waals surface area contributed by atoms with Gasteiger partial charge in [-0.25, -0.2) is 8.42 Å². The van der Waals surface area contributed by atoms with Crippen molar-refractivity contribution in [1.29, 1.82) is 5.41 Å². The maximum atomic E-state index is 12.4. The average molecular weight is 392 g/mol. The number of nitrogens with zero attached hydrogens (tertiary/aromatic N) is 1. The smallest absolute Gasteiger partial charge is 0.171 e. The zero-order chi connectivity index (χ0) is 15.6. The monoisotopic (exact) mass is 391 g/mol. The van der Waals surface area contributed by atoms with Gasteiger partial charge in [-0.15, -0.1) is 0 Å². The predicted molar refractivity (Wildman–Crippen MR) is 93.1 cm³/mol. The third-order valence-corrected chi connectivity index (χ3v) is 7.42. The molecule has 116 valence electrons. The summed E-state index contributed by atoms with van der Waals surface area (Å²) >= 11 is 5.04. The lowest BCUT2D eigenvalue weighted by Gasteiger charge is -2.37. The fraction of sp³-hybridized carbons (Fsp3) is 0.462. The first-order chi connectivity index (χ1) is 9.88. The van der Waals surface area contributed by atoms with E-state index in [0.29, 0.717) is 28.0 Å². The molecule has 1 fully saturated rings. The van der Waals surface area contributed by atoms with Crippen molar-refractivity contribution in [2.45, 2.75) is 12.3 Å². The Kier molecular flexibility index (Phi) is 5.21. The molecule has 0 aromatic heterocycles. The van der Waals surface area contributed by atoms with Crippen LogP contribution in [-0.2, 0) is 9.84 Å². The minimum Gasteiger partial charge on any atom is -0.384 e. The van der Waals surface area contributed by atoms with E-state index in [1.807, 2.05) is 23.1 Å². The van der Waals surface area contributed by atoms with E-state index >= 15 is 0 Å². The second-order valence-corrected chi connectivity index (χ2v) is 9.17. The molecule has 5 nitrogen and oxygen atoms in total. The van der Waals surface area contributed by atoms with Crippen LogP contribution in [-0.4, -0.2) is 43.4 Å². The Hall–Kier alpha value is -0.730. The lowest BCUT2D eigenvalue weighted by Crippen LogP contribution is -2.48. The first-order valence-corrected chi connectivity index (χ1v) is 10.2. The summed E-state index contributed by atoms with van der Waals surface area (Å²) in [5, 5.41) is 7.21. The van der Waals surface area contributed by atoms with Crippen molar-refractivity contribution in [2.75, 3.05) is 28.7 Å². The summed E-state index contributed by atoms with van der Waals surface area (Å²) in [5.74, 6) is 1.45. The van der Waals surface area contributed by atoms with Crippen LogP contribution in [0.15, 0.2) is 22.7 Å². The molecule has 0 amide bonds. The van der Waals surface area contributed by atoms with E-state index in [1.165, 1.54) is 0 Å². The highest BCUT2D eigenvalue weighted by molar-refractivity contribution is 9.10. The first-order valence-electron chi connectivity index (χ1n) is 6.57. The number of hydrogen-bond acceptors (Lipinski definition) is 5. The minimum absolute atomic E-state index is 0.0663. The molecule has 1 unspecified atom stereocenters. The maximum Gasteiger partial charge on any atom is 0.171 e. The van der Waals surface area contributed by atoms with Crippen molar-refractivity contribution < 1.29 is 8.42 Å². The third-order valence-electron chi connectivity index (χ3n) is 3.47. The number of hydrogen-bond donors (Lipinski definition) is 2. The topological polar surface area (TPSA) is 87.2 Å². The summed E-state index contributed by atoms with van der Waals surface area (Å²) in [6.07, 6.45) is 0. The van der Waals surface area contributed by atoms with Crippen LogP contribution in [0.5, 0.6) is 0 Å². The number of amidine groups is 1. The second kappa shape index (κ2) is 6.58. The van der Waals surface area contributed by atoms with E-state index in [-0.39, 0.29) is 11.6 Å². The largest absolute Gasteiger partial charge is 0.384 e. The molecule has 0 aliphatic carbocycles. The number of nitrogens with one attached hydrogen (secondary N) is 1. The van der Waals surface area contributed by atoms with Gasteiger partial charge in [0.25, 0.3) is 0 Å². The Balaban J connectivity index is 2.53. The number of benzene rings is 1. The lowest BCUT2D eigenvalue weighted by molar-refractivity contribution is 0.579. The van der Waals surface area contributed by atoms with Gasteiger partial charge in [0.05, 0.1) is 5.56 Å². The molecule has 1 aromatic carbocycles. The Bertz CT molecular complexity index is 649. The standard InChI is InChI=1S/C13H18BrN3O2S2/c1-2-21(18,19)11-8-20-7-6-17(11)10-5-3-4-9(14)12(10)13(15)16/h3-5,11H,2,6-8H2,1H3,(H3,15,16). The molecule has 0 bridgehead atoms. The Morgan fingerprint density at radius 1 is 1.57 bits per heavy atom. The minimum atomic E-state index is -3.20. The highest BCUT2D eigenvalue weighted by atomic mass is 79.9. The molecule has 21 heavy (non-hydrogen) atoms. The molecule has 8 heteroatoms. The van der Waals surface area contributed by atoms with E-state index in [9.17, 15) is 8.42 Å². The lowest BCUT2D eigenvalue weighted by atomic mass is 10.1. The number of sulfone groups is 1. The summed E-state index contributed by atoms with van der Waals surface area (Å²) in [5.41, 5.74) is 6.94. The van der Waals surface area contributed by atoms with E-state index in [2.05, 4.69) is 15.9 Å². The Morgan fingerprint density at radius 2 is 2.29 bits per heavy atom. The van der Waals surface area contributed by atoms with Crippen molar-refractivity contribution in [3.8, 4) is 0 Å². The number of rotatable bonds is 4. The van der Waals surface area contributed by atoms with Crippen molar-refractivity contribution in [3.63, 3.8) is 0 Å². The SMILES string of the molecule is CCS(=O)(=O)C1CSCCN1c1cccc(Br)c1C(=N)N. The van der Waals surface area contributed by atoms with Gasteiger partial charge in [-0.2, -0.15) is 11.8 Å². The van der Waals surface area contributed by atoms with Gasteiger partial charge in [-0.3, -0.25) is 5.41 Å². The number of halogens is 1. The molecule has 1 aromatic rings. The quantitative estimate of drug-likeness (QED) is 0.605. The fourth-order valence-electron chi connectivity index (χ4n) is 2.37. The molecule has 2 rings (SSSR count). The van der Waals surface area contributed by atoms with Gasteiger partial charge in [0, 0.05) is 34.0 Å². The number of anilines is 1. The molecule has 0 saturated carbocycles. The molecule has 0 spiro atoms. The van der Waals surface area contributed by atoms with Gasteiger partial charge >= 0.3 is 0 Å². The van der Waals surface area contributed by atoms with E-state index in [0.717, 1.165) is 5.75 Å². The second-order valence-electron chi connectivity index (χ2n) is 4.72. The van der Waals surface area contributed by atoms with Gasteiger partial charge in [0.15, 0.2) is 9.84 Å². The molecule has 1 heterocycles. The molecule has 1 saturated heterocycles. The van der Waals surface area contributed by atoms with Gasteiger partial charge in [0.2, 0.25) is 0 Å². The van der Waals surface area contributed by atoms with Crippen LogP contribution < -0.4 is 10.6 Å². The van der Waals surface area contributed by atoms with Crippen molar-refractivity contribution >= 4 is 49.1 Å². The Morgan fingerprint density at radius 3 is 2.90 bits per heavy atom. The summed E-state index contributed by atoms with van der Waals surface area (Å²) < 4.78 is 25.4. The van der Waals surface area contributed by atoms with Gasteiger partial charge in [-0.1, -0.05) is 13.0 Å². The molecule has 3 N–H and O–H groups in total. The van der Waals surface area contributed by atoms with Crippen LogP contribution in [0.1, 0.15) is 12.5 Å². The van der Waals surface area contributed by atoms with Crippen molar-refractivity contribution in [3.05, 3.63) is 28.2 Å². The van der Waals surface area contributed by atoms with Crippen LogP contribution in [0.2, 0.25) is 0 Å². The fourth-order valence-corrected chi connectivity index (χ4v) is 5.92. The highest BCUT2D eigenvalue weighted by Crippen LogP contribution is 2.33. The molecule has 1 aliphatic heterocycles. The zero-order valence-corrected chi connectivity index (χ0v) is 14.9. The van der Waals surface area contributed by atoms with Crippen LogP contribution in [0, 0.1) is 5.41 Å². The van der Waals surface area contributed by atoms with E-state index in [4.69, 9.17) is 11.1 Å². The number of nitrogen functional groups attached to an aromatic ring is 1. The van der Waals surface area contributed by atoms with E-state index in [1.54, 1.807) is 18.7 Å². The summed E-state index contributed by atoms with van der Waals surface area (Å²) in [7, 11) is -3.20. The van der Waals surface area contributed by atoms with Crippen molar-refractivity contribution in [2.24, 2.45) is 5.73 Å². The predicted octanol–water partition coefficient (Wildman–Crippen LogP) is 2.05.